The minimum absolute atomic E-state index is 0.0301. The van der Waals surface area contributed by atoms with E-state index in [9.17, 15) is 5.11 Å². The van der Waals surface area contributed by atoms with Crippen LogP contribution in [0.5, 0.6) is 11.5 Å². The maximum absolute atomic E-state index is 9.48. The van der Waals surface area contributed by atoms with Crippen LogP contribution in [-0.2, 0) is 4.74 Å². The maximum atomic E-state index is 9.48. The standard InChI is InChI=1S/C10H6Cl6O3/c11-9(12,13)7-5-3-4(17)1-2-6(5)18-8(19-7)10(14,15)16/h1-3,7-8,17H. The average Bonchev–Trinajstić information content (AvgIpc) is 2.24. The summed E-state index contributed by atoms with van der Waals surface area (Å²) < 4.78 is 7.07. The Bertz CT molecular complexity index is 481. The molecule has 1 aromatic rings. The second kappa shape index (κ2) is 5.38. The van der Waals surface area contributed by atoms with Crippen LogP contribution in [0.25, 0.3) is 0 Å². The number of phenols is 1. The molecule has 0 aromatic heterocycles. The summed E-state index contributed by atoms with van der Waals surface area (Å²) in [7, 11) is 0. The first kappa shape index (κ1) is 15.9. The van der Waals surface area contributed by atoms with Crippen molar-refractivity contribution in [3.8, 4) is 11.5 Å². The van der Waals surface area contributed by atoms with E-state index in [2.05, 4.69) is 0 Å². The summed E-state index contributed by atoms with van der Waals surface area (Å²) in [6.07, 6.45) is -2.29. The van der Waals surface area contributed by atoms with Gasteiger partial charge in [0.15, 0.2) is 0 Å². The molecule has 19 heavy (non-hydrogen) atoms. The summed E-state index contributed by atoms with van der Waals surface area (Å²) in [6.45, 7) is 0. The van der Waals surface area contributed by atoms with Gasteiger partial charge in [-0.3, -0.25) is 0 Å². The zero-order valence-corrected chi connectivity index (χ0v) is 13.5. The van der Waals surface area contributed by atoms with Crippen molar-refractivity contribution in [2.45, 2.75) is 20.0 Å². The van der Waals surface area contributed by atoms with Gasteiger partial charge in [0.2, 0.25) is 10.1 Å². The highest BCUT2D eigenvalue weighted by Crippen LogP contribution is 2.51. The molecule has 1 N–H and O–H groups in total. The lowest BCUT2D eigenvalue weighted by molar-refractivity contribution is -0.136. The molecule has 0 amide bonds. The molecular weight excluding hydrogens is 381 g/mol. The summed E-state index contributed by atoms with van der Waals surface area (Å²) in [4.78, 5) is 0. The second-order valence-electron chi connectivity index (χ2n) is 3.77. The summed E-state index contributed by atoms with van der Waals surface area (Å²) in [6, 6.07) is 4.23. The van der Waals surface area contributed by atoms with Crippen LogP contribution in [0.2, 0.25) is 0 Å². The van der Waals surface area contributed by atoms with Gasteiger partial charge in [-0.15, -0.1) is 0 Å². The van der Waals surface area contributed by atoms with Crippen molar-refractivity contribution in [3.63, 3.8) is 0 Å². The Morgan fingerprint density at radius 3 is 2.16 bits per heavy atom. The number of benzene rings is 1. The van der Waals surface area contributed by atoms with E-state index in [0.717, 1.165) is 0 Å². The number of ether oxygens (including phenoxy) is 2. The van der Waals surface area contributed by atoms with Crippen molar-refractivity contribution in [2.75, 3.05) is 0 Å². The molecule has 0 bridgehead atoms. The third kappa shape index (κ3) is 3.59. The summed E-state index contributed by atoms with van der Waals surface area (Å²) >= 11 is 34.7. The van der Waals surface area contributed by atoms with Crippen molar-refractivity contribution in [1.82, 2.24) is 0 Å². The molecule has 2 atom stereocenters. The molecule has 3 nitrogen and oxygen atoms in total. The lowest BCUT2D eigenvalue weighted by Crippen LogP contribution is -2.42. The van der Waals surface area contributed by atoms with Gasteiger partial charge in [-0.25, -0.2) is 0 Å². The molecule has 0 saturated carbocycles. The summed E-state index contributed by atoms with van der Waals surface area (Å²) in [5.41, 5.74) is 0.352. The third-order valence-electron chi connectivity index (χ3n) is 2.33. The van der Waals surface area contributed by atoms with Crippen molar-refractivity contribution in [2.24, 2.45) is 0 Å². The topological polar surface area (TPSA) is 38.7 Å². The van der Waals surface area contributed by atoms with Crippen LogP contribution in [0.15, 0.2) is 18.2 Å². The SMILES string of the molecule is Oc1ccc2c(c1)C(C(Cl)(Cl)Cl)OC(C(Cl)(Cl)Cl)O2. The Labute approximate surface area is 139 Å². The first-order valence-electron chi connectivity index (χ1n) is 4.87. The van der Waals surface area contributed by atoms with Gasteiger partial charge in [0.05, 0.1) is 0 Å². The van der Waals surface area contributed by atoms with Crippen LogP contribution in [-0.4, -0.2) is 19.0 Å². The lowest BCUT2D eigenvalue weighted by atomic mass is 10.1. The molecule has 1 heterocycles. The fourth-order valence-corrected chi connectivity index (χ4v) is 2.38. The van der Waals surface area contributed by atoms with Crippen LogP contribution in [0.1, 0.15) is 11.7 Å². The van der Waals surface area contributed by atoms with Crippen LogP contribution in [0.4, 0.5) is 0 Å². The Hall–Kier alpha value is 0.520. The smallest absolute Gasteiger partial charge is 0.252 e. The first-order chi connectivity index (χ1) is 8.59. The Balaban J connectivity index is 2.47. The highest BCUT2D eigenvalue weighted by molar-refractivity contribution is 6.68. The molecule has 0 spiro atoms. The monoisotopic (exact) mass is 384 g/mol. The van der Waals surface area contributed by atoms with E-state index in [0.29, 0.717) is 11.3 Å². The van der Waals surface area contributed by atoms with E-state index in [-0.39, 0.29) is 5.75 Å². The quantitative estimate of drug-likeness (QED) is 0.644. The zero-order valence-electron chi connectivity index (χ0n) is 8.92. The van der Waals surface area contributed by atoms with Gasteiger partial charge in [0.1, 0.15) is 17.6 Å². The molecule has 1 aromatic carbocycles. The molecule has 1 aliphatic rings. The minimum Gasteiger partial charge on any atom is -0.508 e. The number of aromatic hydroxyl groups is 1. The summed E-state index contributed by atoms with van der Waals surface area (Å²) in [5.74, 6) is 0.272. The number of rotatable bonds is 0. The van der Waals surface area contributed by atoms with Crippen molar-refractivity contribution in [3.05, 3.63) is 23.8 Å². The Morgan fingerprint density at radius 2 is 1.63 bits per heavy atom. The van der Waals surface area contributed by atoms with Gasteiger partial charge in [0.25, 0.3) is 3.79 Å². The predicted molar refractivity (Wildman–Crippen MR) is 76.9 cm³/mol. The molecule has 9 heteroatoms. The fraction of sp³-hybridized carbons (Fsp3) is 0.400. The normalized spacial score (nSPS) is 23.7. The van der Waals surface area contributed by atoms with Gasteiger partial charge in [-0.05, 0) is 18.2 Å². The number of halogens is 6. The van der Waals surface area contributed by atoms with Gasteiger partial charge in [0, 0.05) is 5.56 Å². The molecule has 2 unspecified atom stereocenters. The average molecular weight is 387 g/mol. The molecule has 0 fully saturated rings. The molecule has 2 rings (SSSR count). The first-order valence-corrected chi connectivity index (χ1v) is 7.14. The minimum atomic E-state index is -1.86. The van der Waals surface area contributed by atoms with Crippen LogP contribution < -0.4 is 4.74 Å². The predicted octanol–water partition coefficient (Wildman–Crippen LogP) is 4.91. The van der Waals surface area contributed by atoms with E-state index in [1.165, 1.54) is 18.2 Å². The molecule has 0 radical (unpaired) electrons. The van der Waals surface area contributed by atoms with E-state index in [1.54, 1.807) is 0 Å². The van der Waals surface area contributed by atoms with Crippen molar-refractivity contribution in [1.29, 1.82) is 0 Å². The molecule has 106 valence electrons. The molecule has 0 saturated heterocycles. The van der Waals surface area contributed by atoms with Gasteiger partial charge in [-0.2, -0.15) is 0 Å². The van der Waals surface area contributed by atoms with E-state index in [1.807, 2.05) is 0 Å². The maximum Gasteiger partial charge on any atom is 0.252 e. The number of alkyl halides is 6. The van der Waals surface area contributed by atoms with Crippen molar-refractivity contribution >= 4 is 69.6 Å². The largest absolute Gasteiger partial charge is 0.508 e. The molecule has 0 aliphatic carbocycles. The van der Waals surface area contributed by atoms with Crippen molar-refractivity contribution < 1.29 is 14.6 Å². The van der Waals surface area contributed by atoms with Gasteiger partial charge < -0.3 is 14.6 Å². The van der Waals surface area contributed by atoms with E-state index < -0.39 is 20.0 Å². The lowest BCUT2D eigenvalue weighted by Gasteiger charge is -2.38. The van der Waals surface area contributed by atoms with Crippen LogP contribution in [0.3, 0.4) is 0 Å². The van der Waals surface area contributed by atoms with Gasteiger partial charge >= 0.3 is 0 Å². The molecular formula is C10H6Cl6O3. The third-order valence-corrected chi connectivity index (χ3v) is 3.46. The number of hydrogen-bond acceptors (Lipinski definition) is 3. The highest BCUT2D eigenvalue weighted by atomic mass is 35.6. The van der Waals surface area contributed by atoms with Crippen LogP contribution in [0, 0.1) is 0 Å². The van der Waals surface area contributed by atoms with Gasteiger partial charge in [-0.1, -0.05) is 69.6 Å². The van der Waals surface area contributed by atoms with Crippen LogP contribution >= 0.6 is 69.6 Å². The number of fused-ring (bicyclic) bond motifs is 1. The number of phenolic OH excluding ortho intramolecular Hbond substituents is 1. The Morgan fingerprint density at radius 1 is 1.00 bits per heavy atom. The highest BCUT2D eigenvalue weighted by Gasteiger charge is 2.48. The van der Waals surface area contributed by atoms with E-state index >= 15 is 0 Å². The Kier molecular flexibility index (Phi) is 4.50. The fourth-order valence-electron chi connectivity index (χ4n) is 1.59. The summed E-state index contributed by atoms with van der Waals surface area (Å²) in [5, 5.41) is 9.48. The zero-order chi connectivity index (χ0) is 14.4. The number of hydrogen-bond donors (Lipinski definition) is 1. The second-order valence-corrected chi connectivity index (χ2v) is 8.51. The van der Waals surface area contributed by atoms with E-state index in [4.69, 9.17) is 79.1 Å². The molecule has 1 aliphatic heterocycles.